The fraction of sp³-hybridized carbons (Fsp3) is 0.522. The van der Waals surface area contributed by atoms with E-state index < -0.39 is 53.8 Å². The summed E-state index contributed by atoms with van der Waals surface area (Å²) in [6.07, 6.45) is 0.600. The van der Waals surface area contributed by atoms with E-state index in [4.69, 9.17) is 16.6 Å². The molecule has 0 spiro atoms. The normalized spacial score (nSPS) is 15.2. The molecule has 4 amide bonds. The Morgan fingerprint density at radius 1 is 0.941 bits per heavy atom. The summed E-state index contributed by atoms with van der Waals surface area (Å²) < 4.78 is 0. The molecule has 0 aromatic heterocycles. The highest BCUT2D eigenvalue weighted by molar-refractivity contribution is 5.94. The standard InChI is InChI=1S/C23H35N5O6/c1-4-13(2)19(22(32)26-14(3)23(33)34)28-21(31)17(12-15-8-6-5-7-9-15)27-20(30)16(24)10-11-18(25)29/h5-9,13-14,16-17,19H,4,10-12,24H2,1-3H3,(H2,25,29)(H,26,32)(H,27,30)(H,28,31)(H,33,34). The van der Waals surface area contributed by atoms with E-state index in [9.17, 15) is 24.0 Å². The first-order chi connectivity index (χ1) is 16.0. The fourth-order valence-corrected chi connectivity index (χ4v) is 3.09. The van der Waals surface area contributed by atoms with Gasteiger partial charge in [-0.3, -0.25) is 24.0 Å². The van der Waals surface area contributed by atoms with Crippen LogP contribution >= 0.6 is 0 Å². The van der Waals surface area contributed by atoms with Crippen molar-refractivity contribution >= 4 is 29.6 Å². The fourth-order valence-electron chi connectivity index (χ4n) is 3.09. The van der Waals surface area contributed by atoms with Crippen LogP contribution in [0.5, 0.6) is 0 Å². The average Bonchev–Trinajstić information content (AvgIpc) is 2.80. The van der Waals surface area contributed by atoms with E-state index in [0.29, 0.717) is 6.42 Å². The SMILES string of the molecule is CCC(C)C(NC(=O)C(Cc1ccccc1)NC(=O)C(N)CCC(N)=O)C(=O)NC(C)C(=O)O. The molecule has 1 aromatic carbocycles. The molecule has 11 heteroatoms. The third-order valence-corrected chi connectivity index (χ3v) is 5.48. The Balaban J connectivity index is 3.06. The van der Waals surface area contributed by atoms with Crippen LogP contribution in [0, 0.1) is 5.92 Å². The molecule has 188 valence electrons. The number of carboxylic acid groups (broad SMARTS) is 1. The maximum atomic E-state index is 13.2. The van der Waals surface area contributed by atoms with Crippen LogP contribution in [0.3, 0.4) is 0 Å². The Labute approximate surface area is 199 Å². The molecule has 5 unspecified atom stereocenters. The molecule has 8 N–H and O–H groups in total. The molecule has 0 aliphatic rings. The summed E-state index contributed by atoms with van der Waals surface area (Å²) in [6, 6.07) is 4.68. The van der Waals surface area contributed by atoms with Crippen molar-refractivity contribution in [1.82, 2.24) is 16.0 Å². The lowest BCUT2D eigenvalue weighted by atomic mass is 9.96. The number of hydrogen-bond acceptors (Lipinski definition) is 6. The van der Waals surface area contributed by atoms with Crippen molar-refractivity contribution in [1.29, 1.82) is 0 Å². The number of nitrogens with two attached hydrogens (primary N) is 2. The van der Waals surface area contributed by atoms with Gasteiger partial charge < -0.3 is 32.5 Å². The topological polar surface area (TPSA) is 194 Å². The van der Waals surface area contributed by atoms with Crippen LogP contribution in [0.2, 0.25) is 0 Å². The highest BCUT2D eigenvalue weighted by Gasteiger charge is 2.32. The van der Waals surface area contributed by atoms with Crippen molar-refractivity contribution in [3.8, 4) is 0 Å². The quantitative estimate of drug-likeness (QED) is 0.206. The van der Waals surface area contributed by atoms with Gasteiger partial charge in [-0.05, 0) is 24.8 Å². The van der Waals surface area contributed by atoms with E-state index in [0.717, 1.165) is 5.56 Å². The first-order valence-corrected chi connectivity index (χ1v) is 11.2. The Morgan fingerprint density at radius 2 is 1.56 bits per heavy atom. The number of carbonyl (C=O) groups is 5. The predicted molar refractivity (Wildman–Crippen MR) is 125 cm³/mol. The molecule has 0 bridgehead atoms. The minimum Gasteiger partial charge on any atom is -0.480 e. The number of rotatable bonds is 14. The summed E-state index contributed by atoms with van der Waals surface area (Å²) in [7, 11) is 0. The highest BCUT2D eigenvalue weighted by Crippen LogP contribution is 2.11. The van der Waals surface area contributed by atoms with Crippen LogP contribution in [0.15, 0.2) is 30.3 Å². The lowest BCUT2D eigenvalue weighted by Gasteiger charge is -2.27. The Bertz CT molecular complexity index is 863. The molecule has 0 heterocycles. The van der Waals surface area contributed by atoms with Crippen LogP contribution in [0.1, 0.15) is 45.6 Å². The summed E-state index contributed by atoms with van der Waals surface area (Å²) in [6.45, 7) is 4.90. The van der Waals surface area contributed by atoms with Crippen LogP contribution in [-0.2, 0) is 30.4 Å². The number of amides is 4. The van der Waals surface area contributed by atoms with E-state index >= 15 is 0 Å². The van der Waals surface area contributed by atoms with Gasteiger partial charge in [0, 0.05) is 12.8 Å². The number of aliphatic carboxylic acids is 1. The first kappa shape index (κ1) is 28.6. The zero-order chi connectivity index (χ0) is 25.8. The maximum Gasteiger partial charge on any atom is 0.325 e. The van der Waals surface area contributed by atoms with Crippen LogP contribution in [0.25, 0.3) is 0 Å². The average molecular weight is 478 g/mol. The van der Waals surface area contributed by atoms with Gasteiger partial charge in [0.1, 0.15) is 18.1 Å². The third-order valence-electron chi connectivity index (χ3n) is 5.48. The molecule has 0 fully saturated rings. The molecule has 1 rings (SSSR count). The van der Waals surface area contributed by atoms with Crippen LogP contribution in [0.4, 0.5) is 0 Å². The summed E-state index contributed by atoms with van der Waals surface area (Å²) in [5, 5.41) is 16.7. The Hall–Kier alpha value is -3.47. The largest absolute Gasteiger partial charge is 0.480 e. The molecule has 0 saturated heterocycles. The Morgan fingerprint density at radius 3 is 2.09 bits per heavy atom. The summed E-state index contributed by atoms with van der Waals surface area (Å²) >= 11 is 0. The maximum absolute atomic E-state index is 13.2. The monoisotopic (exact) mass is 477 g/mol. The van der Waals surface area contributed by atoms with Crippen LogP contribution < -0.4 is 27.4 Å². The number of nitrogens with one attached hydrogen (secondary N) is 3. The molecule has 0 saturated carbocycles. The first-order valence-electron chi connectivity index (χ1n) is 11.2. The van der Waals surface area contributed by atoms with Crippen molar-refractivity contribution in [2.45, 2.75) is 70.6 Å². The van der Waals surface area contributed by atoms with Crippen molar-refractivity contribution < 1.29 is 29.1 Å². The Kier molecular flexibility index (Phi) is 11.7. The number of primary amides is 1. The van der Waals surface area contributed by atoms with Crippen molar-refractivity contribution in [3.05, 3.63) is 35.9 Å². The second-order valence-electron chi connectivity index (χ2n) is 8.30. The zero-order valence-electron chi connectivity index (χ0n) is 19.7. The molecule has 11 nitrogen and oxygen atoms in total. The van der Waals surface area contributed by atoms with Gasteiger partial charge in [-0.25, -0.2) is 0 Å². The molecule has 0 aliphatic heterocycles. The summed E-state index contributed by atoms with van der Waals surface area (Å²) in [4.78, 5) is 60.6. The lowest BCUT2D eigenvalue weighted by Crippen LogP contribution is -2.58. The van der Waals surface area contributed by atoms with Gasteiger partial charge in [0.25, 0.3) is 0 Å². The predicted octanol–water partition coefficient (Wildman–Crippen LogP) is -0.573. The molecule has 0 aliphatic carbocycles. The van der Waals surface area contributed by atoms with E-state index in [1.165, 1.54) is 6.92 Å². The second kappa shape index (κ2) is 13.9. The summed E-state index contributed by atoms with van der Waals surface area (Å²) in [5.41, 5.74) is 11.7. The van der Waals surface area contributed by atoms with Crippen molar-refractivity contribution in [2.75, 3.05) is 0 Å². The molecule has 5 atom stereocenters. The van der Waals surface area contributed by atoms with Gasteiger partial charge in [0.15, 0.2) is 0 Å². The van der Waals surface area contributed by atoms with Gasteiger partial charge in [0.2, 0.25) is 23.6 Å². The van der Waals surface area contributed by atoms with E-state index in [1.54, 1.807) is 31.2 Å². The van der Waals surface area contributed by atoms with E-state index in [1.807, 2.05) is 13.0 Å². The number of carbonyl (C=O) groups excluding carboxylic acids is 4. The molecular formula is C23H35N5O6. The van der Waals surface area contributed by atoms with Crippen LogP contribution in [-0.4, -0.2) is 58.9 Å². The van der Waals surface area contributed by atoms with E-state index in [2.05, 4.69) is 16.0 Å². The number of benzene rings is 1. The van der Waals surface area contributed by atoms with Gasteiger partial charge in [-0.1, -0.05) is 50.6 Å². The molecule has 0 radical (unpaired) electrons. The van der Waals surface area contributed by atoms with Crippen molar-refractivity contribution in [3.63, 3.8) is 0 Å². The minimum absolute atomic E-state index is 0.0197. The number of hydrogen-bond donors (Lipinski definition) is 6. The molecule has 1 aromatic rings. The molecule has 34 heavy (non-hydrogen) atoms. The smallest absolute Gasteiger partial charge is 0.325 e. The number of carboxylic acids is 1. The van der Waals surface area contributed by atoms with Gasteiger partial charge >= 0.3 is 5.97 Å². The molecular weight excluding hydrogens is 442 g/mol. The van der Waals surface area contributed by atoms with Gasteiger partial charge in [-0.15, -0.1) is 0 Å². The van der Waals surface area contributed by atoms with Crippen molar-refractivity contribution in [2.24, 2.45) is 17.4 Å². The second-order valence-corrected chi connectivity index (χ2v) is 8.30. The third kappa shape index (κ3) is 9.57. The zero-order valence-corrected chi connectivity index (χ0v) is 19.7. The lowest BCUT2D eigenvalue weighted by molar-refractivity contribution is -0.142. The minimum atomic E-state index is -1.21. The van der Waals surface area contributed by atoms with E-state index in [-0.39, 0.29) is 25.2 Å². The van der Waals surface area contributed by atoms with Gasteiger partial charge in [-0.2, -0.15) is 0 Å². The van der Waals surface area contributed by atoms with Gasteiger partial charge in [0.05, 0.1) is 6.04 Å². The highest BCUT2D eigenvalue weighted by atomic mass is 16.4. The summed E-state index contributed by atoms with van der Waals surface area (Å²) in [5.74, 6) is -4.01.